The third-order valence-electron chi connectivity index (χ3n) is 2.88. The third kappa shape index (κ3) is 3.67. The average Bonchev–Trinajstić information content (AvgIpc) is 2.48. The van der Waals surface area contributed by atoms with Gasteiger partial charge in [-0.15, -0.1) is 0 Å². The second kappa shape index (κ2) is 7.20. The molecule has 0 saturated heterocycles. The first-order valence-electron chi connectivity index (χ1n) is 6.52. The molecule has 0 radical (unpaired) electrons. The van der Waals surface area contributed by atoms with Gasteiger partial charge in [0.25, 0.3) is 0 Å². The summed E-state index contributed by atoms with van der Waals surface area (Å²) >= 11 is 3.52. The molecule has 3 nitrogen and oxygen atoms in total. The number of hydrogen-bond donors (Lipinski definition) is 1. The topological polar surface area (TPSA) is 30.5 Å². The predicted octanol–water partition coefficient (Wildman–Crippen LogP) is 4.47. The minimum atomic E-state index is 0.630. The van der Waals surface area contributed by atoms with Crippen LogP contribution in [0.2, 0.25) is 0 Å². The molecule has 2 aromatic rings. The van der Waals surface area contributed by atoms with Crippen LogP contribution in [0.4, 0.5) is 5.69 Å². The zero-order valence-corrected chi connectivity index (χ0v) is 13.2. The van der Waals surface area contributed by atoms with Gasteiger partial charge in [-0.25, -0.2) is 0 Å². The molecule has 4 heteroatoms. The van der Waals surface area contributed by atoms with Gasteiger partial charge in [0.15, 0.2) is 11.5 Å². The fraction of sp³-hybridized carbons (Fsp3) is 0.250. The second-order valence-corrected chi connectivity index (χ2v) is 5.11. The van der Waals surface area contributed by atoms with Crippen LogP contribution in [0.3, 0.4) is 0 Å². The zero-order valence-electron chi connectivity index (χ0n) is 11.7. The summed E-state index contributed by atoms with van der Waals surface area (Å²) in [6.45, 7) is 3.32. The maximum Gasteiger partial charge on any atom is 0.161 e. The fourth-order valence-corrected chi connectivity index (χ4v) is 2.32. The lowest BCUT2D eigenvalue weighted by molar-refractivity contribution is 0.310. The molecule has 0 aromatic heterocycles. The van der Waals surface area contributed by atoms with E-state index >= 15 is 0 Å². The molecule has 2 rings (SSSR count). The van der Waals surface area contributed by atoms with Crippen LogP contribution in [0.15, 0.2) is 46.9 Å². The lowest BCUT2D eigenvalue weighted by Gasteiger charge is -2.12. The molecule has 0 aliphatic carbocycles. The first kappa shape index (κ1) is 14.7. The van der Waals surface area contributed by atoms with Crippen LogP contribution in [-0.4, -0.2) is 13.7 Å². The van der Waals surface area contributed by atoms with Crippen molar-refractivity contribution < 1.29 is 9.47 Å². The van der Waals surface area contributed by atoms with Gasteiger partial charge in [0.2, 0.25) is 0 Å². The van der Waals surface area contributed by atoms with Crippen LogP contribution >= 0.6 is 15.9 Å². The van der Waals surface area contributed by atoms with Crippen LogP contribution in [0, 0.1) is 0 Å². The van der Waals surface area contributed by atoms with E-state index in [4.69, 9.17) is 9.47 Å². The number of ether oxygens (including phenoxy) is 2. The highest BCUT2D eigenvalue weighted by atomic mass is 79.9. The Kier molecular flexibility index (Phi) is 5.30. The number of hydrogen-bond acceptors (Lipinski definition) is 3. The Morgan fingerprint density at radius 1 is 1.10 bits per heavy atom. The van der Waals surface area contributed by atoms with Crippen LogP contribution in [0.25, 0.3) is 0 Å². The molecule has 2 aromatic carbocycles. The summed E-state index contributed by atoms with van der Waals surface area (Å²) in [6.07, 6.45) is 0. The highest BCUT2D eigenvalue weighted by Crippen LogP contribution is 2.29. The monoisotopic (exact) mass is 335 g/mol. The maximum absolute atomic E-state index is 5.51. The van der Waals surface area contributed by atoms with Crippen molar-refractivity contribution >= 4 is 21.6 Å². The average molecular weight is 336 g/mol. The normalized spacial score (nSPS) is 10.2. The number of para-hydroxylation sites is 1. The van der Waals surface area contributed by atoms with E-state index in [0.29, 0.717) is 6.61 Å². The Bertz CT molecular complexity index is 572. The largest absolute Gasteiger partial charge is 0.493 e. The molecule has 0 unspecified atom stereocenters. The first-order chi connectivity index (χ1) is 9.74. The van der Waals surface area contributed by atoms with E-state index < -0.39 is 0 Å². The molecule has 0 saturated carbocycles. The van der Waals surface area contributed by atoms with Crippen LogP contribution in [0.1, 0.15) is 12.5 Å². The summed E-state index contributed by atoms with van der Waals surface area (Å²) < 4.78 is 11.9. The van der Waals surface area contributed by atoms with Gasteiger partial charge in [0.05, 0.1) is 13.7 Å². The number of halogens is 1. The lowest BCUT2D eigenvalue weighted by Crippen LogP contribution is -2.01. The summed E-state index contributed by atoms with van der Waals surface area (Å²) in [5.41, 5.74) is 2.21. The van der Waals surface area contributed by atoms with Crippen molar-refractivity contribution in [3.63, 3.8) is 0 Å². The Morgan fingerprint density at radius 2 is 1.90 bits per heavy atom. The van der Waals surface area contributed by atoms with E-state index in [2.05, 4.69) is 21.2 Å². The Hall–Kier alpha value is -1.68. The van der Waals surface area contributed by atoms with E-state index in [1.54, 1.807) is 7.11 Å². The molecule has 0 spiro atoms. The van der Waals surface area contributed by atoms with Gasteiger partial charge >= 0.3 is 0 Å². The van der Waals surface area contributed by atoms with Crippen molar-refractivity contribution in [3.8, 4) is 11.5 Å². The summed E-state index contributed by atoms with van der Waals surface area (Å²) in [5.74, 6) is 1.54. The van der Waals surface area contributed by atoms with Crippen LogP contribution in [0.5, 0.6) is 11.5 Å². The van der Waals surface area contributed by atoms with Crippen molar-refractivity contribution in [2.45, 2.75) is 13.5 Å². The maximum atomic E-state index is 5.51. The smallest absolute Gasteiger partial charge is 0.161 e. The molecule has 0 heterocycles. The van der Waals surface area contributed by atoms with Gasteiger partial charge in [0, 0.05) is 16.7 Å². The van der Waals surface area contributed by atoms with Crippen molar-refractivity contribution in [1.82, 2.24) is 0 Å². The third-order valence-corrected chi connectivity index (χ3v) is 3.58. The lowest BCUT2D eigenvalue weighted by atomic mass is 10.2. The second-order valence-electron chi connectivity index (χ2n) is 4.25. The molecule has 0 fully saturated rings. The number of benzene rings is 2. The highest BCUT2D eigenvalue weighted by Gasteiger charge is 2.05. The molecule has 0 aliphatic rings. The molecule has 20 heavy (non-hydrogen) atoms. The van der Waals surface area contributed by atoms with Gasteiger partial charge in [0.1, 0.15) is 0 Å². The summed E-state index contributed by atoms with van der Waals surface area (Å²) in [5, 5.41) is 3.39. The number of methoxy groups -OCH3 is 1. The van der Waals surface area contributed by atoms with E-state index in [9.17, 15) is 0 Å². The molecule has 1 N–H and O–H groups in total. The van der Waals surface area contributed by atoms with Gasteiger partial charge < -0.3 is 14.8 Å². The molecule has 0 aliphatic heterocycles. The fourth-order valence-electron chi connectivity index (χ4n) is 1.90. The molecule has 0 amide bonds. The van der Waals surface area contributed by atoms with Crippen LogP contribution < -0.4 is 14.8 Å². The molecular weight excluding hydrogens is 318 g/mol. The number of anilines is 1. The van der Waals surface area contributed by atoms with Gasteiger partial charge in [-0.2, -0.15) is 0 Å². The van der Waals surface area contributed by atoms with Gasteiger partial charge in [-0.05, 0) is 52.7 Å². The summed E-state index contributed by atoms with van der Waals surface area (Å²) in [7, 11) is 1.66. The Labute approximate surface area is 128 Å². The van der Waals surface area contributed by atoms with E-state index in [-0.39, 0.29) is 0 Å². The summed E-state index contributed by atoms with van der Waals surface area (Å²) in [4.78, 5) is 0. The number of nitrogens with one attached hydrogen (secondary N) is 1. The summed E-state index contributed by atoms with van der Waals surface area (Å²) in [6, 6.07) is 14.0. The van der Waals surface area contributed by atoms with E-state index in [1.165, 1.54) is 0 Å². The molecule has 0 atom stereocenters. The van der Waals surface area contributed by atoms with Crippen molar-refractivity contribution in [1.29, 1.82) is 0 Å². The zero-order chi connectivity index (χ0) is 14.4. The minimum Gasteiger partial charge on any atom is -0.493 e. The Balaban J connectivity index is 2.08. The number of rotatable bonds is 6. The molecule has 0 bridgehead atoms. The quantitative estimate of drug-likeness (QED) is 0.844. The van der Waals surface area contributed by atoms with E-state index in [0.717, 1.165) is 33.8 Å². The molecule has 106 valence electrons. The minimum absolute atomic E-state index is 0.630. The highest BCUT2D eigenvalue weighted by molar-refractivity contribution is 9.10. The SMILES string of the molecule is CCOc1ccc(CNc2ccccc2Br)cc1OC. The first-order valence-corrected chi connectivity index (χ1v) is 7.32. The standard InChI is InChI=1S/C16H18BrNO2/c1-3-20-15-9-8-12(10-16(15)19-2)11-18-14-7-5-4-6-13(14)17/h4-10,18H,3,11H2,1-2H3. The van der Waals surface area contributed by atoms with Crippen molar-refractivity contribution in [2.24, 2.45) is 0 Å². The molecular formula is C16H18BrNO2. The van der Waals surface area contributed by atoms with E-state index in [1.807, 2.05) is 49.4 Å². The Morgan fingerprint density at radius 3 is 2.60 bits per heavy atom. The van der Waals surface area contributed by atoms with Crippen molar-refractivity contribution in [3.05, 3.63) is 52.5 Å². The van der Waals surface area contributed by atoms with Crippen molar-refractivity contribution in [2.75, 3.05) is 19.0 Å². The van der Waals surface area contributed by atoms with Crippen LogP contribution in [-0.2, 0) is 6.54 Å². The van der Waals surface area contributed by atoms with Gasteiger partial charge in [-0.1, -0.05) is 18.2 Å². The predicted molar refractivity (Wildman–Crippen MR) is 85.6 cm³/mol. The van der Waals surface area contributed by atoms with Gasteiger partial charge in [-0.3, -0.25) is 0 Å².